The topological polar surface area (TPSA) is 29.3 Å². The number of rotatable bonds is 0. The summed E-state index contributed by atoms with van der Waals surface area (Å²) in [6.07, 6.45) is 6.87. The van der Waals surface area contributed by atoms with Crippen LogP contribution in [0.5, 0.6) is 0 Å². The SMILES string of the molecule is CN1CCC2CC2[C@@H]2C[C@H](N)CCC21. The lowest BCUT2D eigenvalue weighted by Gasteiger charge is -2.39. The van der Waals surface area contributed by atoms with Gasteiger partial charge in [0.05, 0.1) is 0 Å². The second-order valence-electron chi connectivity index (χ2n) is 5.73. The van der Waals surface area contributed by atoms with E-state index < -0.39 is 0 Å². The Balaban J connectivity index is 1.79. The molecule has 3 aliphatic rings. The molecule has 0 spiro atoms. The molecule has 0 aromatic heterocycles. The summed E-state index contributed by atoms with van der Waals surface area (Å²) in [6, 6.07) is 1.37. The normalized spacial score (nSPS) is 53.1. The van der Waals surface area contributed by atoms with Crippen LogP contribution in [0.1, 0.15) is 32.1 Å². The maximum absolute atomic E-state index is 6.10. The second-order valence-corrected chi connectivity index (χ2v) is 5.73. The number of likely N-dealkylation sites (tertiary alicyclic amines) is 1. The number of fused-ring (bicyclic) bond motifs is 3. The molecule has 3 unspecified atom stereocenters. The van der Waals surface area contributed by atoms with Gasteiger partial charge in [0.2, 0.25) is 0 Å². The van der Waals surface area contributed by atoms with E-state index in [4.69, 9.17) is 5.73 Å². The van der Waals surface area contributed by atoms with Crippen LogP contribution in [-0.4, -0.2) is 30.6 Å². The van der Waals surface area contributed by atoms with Crippen LogP contribution >= 0.6 is 0 Å². The van der Waals surface area contributed by atoms with Crippen LogP contribution in [0.3, 0.4) is 0 Å². The van der Waals surface area contributed by atoms with Crippen molar-refractivity contribution in [2.75, 3.05) is 13.6 Å². The first-order chi connectivity index (χ1) is 6.75. The van der Waals surface area contributed by atoms with Crippen molar-refractivity contribution in [2.45, 2.75) is 44.2 Å². The minimum absolute atomic E-state index is 0.504. The fourth-order valence-corrected chi connectivity index (χ4v) is 3.89. The Bertz CT molecular complexity index is 228. The molecule has 2 saturated carbocycles. The van der Waals surface area contributed by atoms with Crippen LogP contribution in [0.25, 0.3) is 0 Å². The van der Waals surface area contributed by atoms with E-state index in [2.05, 4.69) is 11.9 Å². The van der Waals surface area contributed by atoms with Gasteiger partial charge >= 0.3 is 0 Å². The fourth-order valence-electron chi connectivity index (χ4n) is 3.89. The monoisotopic (exact) mass is 194 g/mol. The van der Waals surface area contributed by atoms with Gasteiger partial charge in [-0.15, -0.1) is 0 Å². The number of hydrogen-bond donors (Lipinski definition) is 1. The fraction of sp³-hybridized carbons (Fsp3) is 1.00. The molecular weight excluding hydrogens is 172 g/mol. The van der Waals surface area contributed by atoms with Crippen LogP contribution in [-0.2, 0) is 0 Å². The second kappa shape index (κ2) is 3.21. The Hall–Kier alpha value is -0.0800. The molecule has 0 radical (unpaired) electrons. The van der Waals surface area contributed by atoms with Gasteiger partial charge in [0.25, 0.3) is 0 Å². The molecular formula is C12H22N2. The van der Waals surface area contributed by atoms with Crippen molar-refractivity contribution in [3.8, 4) is 0 Å². The standard InChI is InChI=1S/C12H22N2/c1-14-5-4-8-6-10(8)11-7-9(13)2-3-12(11)14/h8-12H,2-7,13H2,1H3/t8?,9-,10?,11+,12?/m1/s1. The Kier molecular flexibility index (Phi) is 2.10. The molecule has 2 heteroatoms. The summed E-state index contributed by atoms with van der Waals surface area (Å²) in [5.41, 5.74) is 6.10. The van der Waals surface area contributed by atoms with Gasteiger partial charge in [0, 0.05) is 12.1 Å². The minimum Gasteiger partial charge on any atom is -0.328 e. The Labute approximate surface area is 86.8 Å². The first kappa shape index (κ1) is 9.17. The number of nitrogens with zero attached hydrogens (tertiary/aromatic N) is 1. The summed E-state index contributed by atoms with van der Waals surface area (Å²) in [7, 11) is 2.32. The molecule has 1 heterocycles. The van der Waals surface area contributed by atoms with Crippen molar-refractivity contribution in [1.82, 2.24) is 4.90 Å². The maximum Gasteiger partial charge on any atom is 0.0124 e. The van der Waals surface area contributed by atoms with Gasteiger partial charge in [0.15, 0.2) is 0 Å². The zero-order chi connectivity index (χ0) is 9.71. The smallest absolute Gasteiger partial charge is 0.0124 e. The highest BCUT2D eigenvalue weighted by Gasteiger charge is 2.49. The average Bonchev–Trinajstić information content (AvgIpc) is 2.92. The van der Waals surface area contributed by atoms with Crippen LogP contribution in [0.4, 0.5) is 0 Å². The lowest BCUT2D eigenvalue weighted by atomic mass is 9.78. The summed E-state index contributed by atoms with van der Waals surface area (Å²) in [5.74, 6) is 3.06. The van der Waals surface area contributed by atoms with E-state index in [1.54, 1.807) is 0 Å². The predicted octanol–water partition coefficient (Wildman–Crippen LogP) is 1.45. The summed E-state index contributed by atoms with van der Waals surface area (Å²) < 4.78 is 0. The largest absolute Gasteiger partial charge is 0.328 e. The van der Waals surface area contributed by atoms with Gasteiger partial charge < -0.3 is 10.6 Å². The summed E-state index contributed by atoms with van der Waals surface area (Å²) in [4.78, 5) is 2.61. The molecule has 5 atom stereocenters. The number of hydrogen-bond acceptors (Lipinski definition) is 2. The highest BCUT2D eigenvalue weighted by atomic mass is 15.1. The molecule has 0 aromatic carbocycles. The molecule has 1 aliphatic heterocycles. The van der Waals surface area contributed by atoms with Crippen LogP contribution in [0.15, 0.2) is 0 Å². The van der Waals surface area contributed by atoms with Gasteiger partial charge in [-0.3, -0.25) is 0 Å². The van der Waals surface area contributed by atoms with Gasteiger partial charge in [-0.05, 0) is 63.5 Å². The summed E-state index contributed by atoms with van der Waals surface area (Å²) >= 11 is 0. The minimum atomic E-state index is 0.504. The van der Waals surface area contributed by atoms with E-state index in [1.165, 1.54) is 38.6 Å². The van der Waals surface area contributed by atoms with E-state index >= 15 is 0 Å². The molecule has 0 amide bonds. The molecule has 1 saturated heterocycles. The molecule has 2 aliphatic carbocycles. The molecule has 0 aromatic rings. The zero-order valence-corrected chi connectivity index (χ0v) is 9.15. The van der Waals surface area contributed by atoms with Crippen molar-refractivity contribution in [3.05, 3.63) is 0 Å². The van der Waals surface area contributed by atoms with E-state index in [9.17, 15) is 0 Å². The first-order valence-corrected chi connectivity index (χ1v) is 6.21. The maximum atomic E-state index is 6.10. The Morgan fingerprint density at radius 1 is 1.07 bits per heavy atom. The highest BCUT2D eigenvalue weighted by molar-refractivity contribution is 5.02. The third-order valence-electron chi connectivity index (χ3n) is 4.85. The molecule has 2 nitrogen and oxygen atoms in total. The van der Waals surface area contributed by atoms with Crippen molar-refractivity contribution in [1.29, 1.82) is 0 Å². The number of nitrogens with two attached hydrogens (primary N) is 1. The lowest BCUT2D eigenvalue weighted by molar-refractivity contribution is 0.119. The molecule has 2 N–H and O–H groups in total. The van der Waals surface area contributed by atoms with Crippen LogP contribution < -0.4 is 5.73 Å². The van der Waals surface area contributed by atoms with E-state index in [1.807, 2.05) is 0 Å². The predicted molar refractivity (Wildman–Crippen MR) is 57.9 cm³/mol. The molecule has 0 bridgehead atoms. The Morgan fingerprint density at radius 2 is 1.93 bits per heavy atom. The van der Waals surface area contributed by atoms with Crippen LogP contribution in [0.2, 0.25) is 0 Å². The summed E-state index contributed by atoms with van der Waals surface area (Å²) in [5, 5.41) is 0. The van der Waals surface area contributed by atoms with Gasteiger partial charge in [0.1, 0.15) is 0 Å². The lowest BCUT2D eigenvalue weighted by Crippen LogP contribution is -2.45. The molecule has 14 heavy (non-hydrogen) atoms. The van der Waals surface area contributed by atoms with Crippen molar-refractivity contribution < 1.29 is 0 Å². The highest BCUT2D eigenvalue weighted by Crippen LogP contribution is 2.53. The van der Waals surface area contributed by atoms with E-state index in [0.29, 0.717) is 6.04 Å². The molecule has 80 valence electrons. The third-order valence-corrected chi connectivity index (χ3v) is 4.85. The van der Waals surface area contributed by atoms with Gasteiger partial charge in [-0.1, -0.05) is 0 Å². The quantitative estimate of drug-likeness (QED) is 0.632. The molecule has 3 fully saturated rings. The van der Waals surface area contributed by atoms with Crippen LogP contribution in [0, 0.1) is 17.8 Å². The first-order valence-electron chi connectivity index (χ1n) is 6.21. The zero-order valence-electron chi connectivity index (χ0n) is 9.15. The Morgan fingerprint density at radius 3 is 2.79 bits per heavy atom. The van der Waals surface area contributed by atoms with Crippen molar-refractivity contribution in [3.63, 3.8) is 0 Å². The van der Waals surface area contributed by atoms with Crippen molar-refractivity contribution in [2.24, 2.45) is 23.5 Å². The third kappa shape index (κ3) is 1.40. The summed E-state index contributed by atoms with van der Waals surface area (Å²) in [6.45, 7) is 1.33. The van der Waals surface area contributed by atoms with Gasteiger partial charge in [-0.25, -0.2) is 0 Å². The van der Waals surface area contributed by atoms with E-state index in [0.717, 1.165) is 23.8 Å². The average molecular weight is 194 g/mol. The van der Waals surface area contributed by atoms with E-state index in [-0.39, 0.29) is 0 Å². The van der Waals surface area contributed by atoms with Gasteiger partial charge in [-0.2, -0.15) is 0 Å². The van der Waals surface area contributed by atoms with Crippen molar-refractivity contribution >= 4 is 0 Å². The molecule has 3 rings (SSSR count).